The van der Waals surface area contributed by atoms with Gasteiger partial charge in [-0.2, -0.15) is 4.37 Å². The third-order valence-corrected chi connectivity index (χ3v) is 1.95. The van der Waals surface area contributed by atoms with Gasteiger partial charge in [-0.3, -0.25) is 10.1 Å². The second-order valence-corrected chi connectivity index (χ2v) is 3.33. The topological polar surface area (TPSA) is 101 Å². The molecule has 0 unspecified atom stereocenters. The average molecular weight is 231 g/mol. The van der Waals surface area contributed by atoms with Crippen molar-refractivity contribution in [2.75, 3.05) is 18.5 Å². The highest BCUT2D eigenvalue weighted by Gasteiger charge is 2.07. The van der Waals surface area contributed by atoms with Gasteiger partial charge < -0.3 is 9.84 Å². The fourth-order valence-corrected chi connectivity index (χ4v) is 1.33. The molecule has 15 heavy (non-hydrogen) atoms. The monoisotopic (exact) mass is 231 g/mol. The van der Waals surface area contributed by atoms with Crippen molar-refractivity contribution in [1.29, 1.82) is 0 Å². The molecule has 0 aromatic carbocycles. The molecule has 0 saturated heterocycles. The van der Waals surface area contributed by atoms with E-state index in [1.165, 1.54) is 0 Å². The number of aliphatic carboxylic acids is 1. The number of nitrogens with one attached hydrogen (secondary N) is 1. The summed E-state index contributed by atoms with van der Waals surface area (Å²) in [5.41, 5.74) is 0. The Balaban J connectivity index is 2.27. The molecule has 1 amide bonds. The van der Waals surface area contributed by atoms with Crippen LogP contribution in [0.1, 0.15) is 5.82 Å². The maximum atomic E-state index is 11.1. The summed E-state index contributed by atoms with van der Waals surface area (Å²) in [6, 6.07) is 0. The molecule has 1 heterocycles. The number of hydrogen-bond acceptors (Lipinski definition) is 6. The number of carbonyl (C=O) groups is 2. The molecule has 1 rings (SSSR count). The number of rotatable bonds is 5. The van der Waals surface area contributed by atoms with Gasteiger partial charge in [0.15, 0.2) is 0 Å². The maximum absolute atomic E-state index is 11.1. The Morgan fingerprint density at radius 3 is 2.80 bits per heavy atom. The third kappa shape index (κ3) is 4.47. The van der Waals surface area contributed by atoms with Gasteiger partial charge in [-0.25, -0.2) is 9.78 Å². The van der Waals surface area contributed by atoms with Crippen molar-refractivity contribution < 1.29 is 19.4 Å². The number of anilines is 1. The highest BCUT2D eigenvalue weighted by atomic mass is 32.1. The summed E-state index contributed by atoms with van der Waals surface area (Å²) in [6.45, 7) is 0.889. The van der Waals surface area contributed by atoms with Crippen LogP contribution in [-0.4, -0.2) is 39.6 Å². The van der Waals surface area contributed by atoms with Gasteiger partial charge in [0, 0.05) is 11.5 Å². The van der Waals surface area contributed by atoms with Crippen molar-refractivity contribution in [3.05, 3.63) is 5.82 Å². The second-order valence-electron chi connectivity index (χ2n) is 2.58. The van der Waals surface area contributed by atoms with Crippen molar-refractivity contribution in [1.82, 2.24) is 9.36 Å². The van der Waals surface area contributed by atoms with E-state index < -0.39 is 18.5 Å². The minimum Gasteiger partial charge on any atom is -0.480 e. The molecule has 1 aromatic heterocycles. The van der Waals surface area contributed by atoms with E-state index in [1.807, 2.05) is 0 Å². The predicted molar refractivity (Wildman–Crippen MR) is 51.7 cm³/mol. The molecule has 0 aliphatic rings. The lowest BCUT2D eigenvalue weighted by atomic mass is 10.6. The Kier molecular flexibility index (Phi) is 4.13. The number of aromatic nitrogens is 2. The third-order valence-electron chi connectivity index (χ3n) is 1.23. The summed E-state index contributed by atoms with van der Waals surface area (Å²) < 4.78 is 8.44. The maximum Gasteiger partial charge on any atom is 0.329 e. The van der Waals surface area contributed by atoms with Gasteiger partial charge in [0.2, 0.25) is 5.13 Å². The summed E-state index contributed by atoms with van der Waals surface area (Å²) >= 11 is 1.05. The lowest BCUT2D eigenvalue weighted by Crippen LogP contribution is -2.20. The number of ether oxygens (including phenoxy) is 1. The highest BCUT2D eigenvalue weighted by molar-refractivity contribution is 7.09. The van der Waals surface area contributed by atoms with E-state index in [9.17, 15) is 9.59 Å². The Morgan fingerprint density at radius 1 is 1.53 bits per heavy atom. The van der Waals surface area contributed by atoms with Crippen molar-refractivity contribution in [2.45, 2.75) is 6.92 Å². The van der Waals surface area contributed by atoms with Crippen LogP contribution >= 0.6 is 11.5 Å². The Labute approximate surface area is 89.3 Å². The molecule has 8 heteroatoms. The predicted octanol–water partition coefficient (Wildman–Crippen LogP) is -0.114. The van der Waals surface area contributed by atoms with Gasteiger partial charge in [-0.05, 0) is 6.92 Å². The second kappa shape index (κ2) is 5.37. The van der Waals surface area contributed by atoms with Crippen LogP contribution in [0.4, 0.5) is 5.13 Å². The zero-order valence-corrected chi connectivity index (χ0v) is 8.71. The van der Waals surface area contributed by atoms with E-state index in [0.29, 0.717) is 11.0 Å². The lowest BCUT2D eigenvalue weighted by molar-refractivity contribution is -0.143. The standard InChI is InChI=1S/C7H9N3O4S/c1-4-8-7(15-10-4)9-5(11)2-14-3-6(12)13/h2-3H2,1H3,(H,12,13)(H,8,9,10,11). The number of amides is 1. The van der Waals surface area contributed by atoms with Gasteiger partial charge in [0.05, 0.1) is 0 Å². The molecule has 0 aliphatic heterocycles. The van der Waals surface area contributed by atoms with E-state index in [1.54, 1.807) is 6.92 Å². The molecular formula is C7H9N3O4S. The Morgan fingerprint density at radius 2 is 2.27 bits per heavy atom. The molecule has 82 valence electrons. The average Bonchev–Trinajstić information content (AvgIpc) is 2.50. The summed E-state index contributed by atoms with van der Waals surface area (Å²) in [5.74, 6) is -0.997. The number of carboxylic acid groups (broad SMARTS) is 1. The zero-order chi connectivity index (χ0) is 11.3. The Hall–Kier alpha value is -1.54. The van der Waals surface area contributed by atoms with Crippen molar-refractivity contribution in [3.63, 3.8) is 0 Å². The van der Waals surface area contributed by atoms with Crippen LogP contribution in [0.3, 0.4) is 0 Å². The van der Waals surface area contributed by atoms with Crippen molar-refractivity contribution >= 4 is 28.5 Å². The van der Waals surface area contributed by atoms with Crippen molar-refractivity contribution in [2.24, 2.45) is 0 Å². The van der Waals surface area contributed by atoms with E-state index in [0.717, 1.165) is 11.5 Å². The first-order valence-corrected chi connectivity index (χ1v) is 4.75. The number of nitrogens with zero attached hydrogens (tertiary/aromatic N) is 2. The molecule has 0 aliphatic carbocycles. The molecule has 0 spiro atoms. The molecule has 0 fully saturated rings. The molecule has 2 N–H and O–H groups in total. The fraction of sp³-hybridized carbons (Fsp3) is 0.429. The van der Waals surface area contributed by atoms with Crippen LogP contribution in [0.15, 0.2) is 0 Å². The first-order valence-electron chi connectivity index (χ1n) is 3.97. The summed E-state index contributed by atoms with van der Waals surface area (Å²) in [7, 11) is 0. The summed E-state index contributed by atoms with van der Waals surface area (Å²) in [6.07, 6.45) is 0. The first kappa shape index (κ1) is 11.5. The van der Waals surface area contributed by atoms with Gasteiger partial charge in [0.25, 0.3) is 5.91 Å². The largest absolute Gasteiger partial charge is 0.480 e. The van der Waals surface area contributed by atoms with Gasteiger partial charge in [-0.1, -0.05) is 0 Å². The molecule has 0 bridgehead atoms. The van der Waals surface area contributed by atoms with Crippen LogP contribution in [-0.2, 0) is 14.3 Å². The number of hydrogen-bond donors (Lipinski definition) is 2. The lowest BCUT2D eigenvalue weighted by Gasteiger charge is -2.00. The number of carboxylic acids is 1. The number of aryl methyl sites for hydroxylation is 1. The van der Waals surface area contributed by atoms with Gasteiger partial charge in [0.1, 0.15) is 19.0 Å². The fourth-order valence-electron chi connectivity index (χ4n) is 0.734. The van der Waals surface area contributed by atoms with Crippen LogP contribution in [0, 0.1) is 6.92 Å². The van der Waals surface area contributed by atoms with E-state index >= 15 is 0 Å². The highest BCUT2D eigenvalue weighted by Crippen LogP contribution is 2.09. The number of carbonyl (C=O) groups excluding carboxylic acids is 1. The van der Waals surface area contributed by atoms with Gasteiger partial charge in [-0.15, -0.1) is 0 Å². The minimum absolute atomic E-state index is 0.315. The molecule has 1 aromatic rings. The molecule has 0 saturated carbocycles. The van der Waals surface area contributed by atoms with Crippen LogP contribution in [0.2, 0.25) is 0 Å². The summed E-state index contributed by atoms with van der Waals surface area (Å²) in [5, 5.41) is 11.0. The smallest absolute Gasteiger partial charge is 0.329 e. The zero-order valence-electron chi connectivity index (χ0n) is 7.89. The molecule has 0 radical (unpaired) electrons. The molecule has 0 atom stereocenters. The van der Waals surface area contributed by atoms with E-state index in [2.05, 4.69) is 19.4 Å². The van der Waals surface area contributed by atoms with E-state index in [4.69, 9.17) is 5.11 Å². The van der Waals surface area contributed by atoms with Crippen LogP contribution in [0.25, 0.3) is 0 Å². The van der Waals surface area contributed by atoms with Crippen molar-refractivity contribution in [3.8, 4) is 0 Å². The normalized spacial score (nSPS) is 9.93. The summed E-state index contributed by atoms with van der Waals surface area (Å²) in [4.78, 5) is 25.1. The first-order chi connectivity index (χ1) is 7.08. The van der Waals surface area contributed by atoms with Crippen LogP contribution < -0.4 is 5.32 Å². The van der Waals surface area contributed by atoms with Crippen LogP contribution in [0.5, 0.6) is 0 Å². The van der Waals surface area contributed by atoms with E-state index in [-0.39, 0.29) is 6.61 Å². The molecular weight excluding hydrogens is 222 g/mol. The molecule has 7 nitrogen and oxygen atoms in total. The quantitative estimate of drug-likeness (QED) is 0.733. The minimum atomic E-state index is -1.12. The Bertz CT molecular complexity index is 365. The van der Waals surface area contributed by atoms with Gasteiger partial charge >= 0.3 is 5.97 Å². The SMILES string of the molecule is Cc1nsc(NC(=O)COCC(=O)O)n1.